The number of ether oxygens (including phenoxy) is 1. The van der Waals surface area contributed by atoms with Crippen LogP contribution in [0.3, 0.4) is 0 Å². The van der Waals surface area contributed by atoms with Crippen LogP contribution in [0.1, 0.15) is 36.7 Å². The molecule has 0 unspecified atom stereocenters. The predicted octanol–water partition coefficient (Wildman–Crippen LogP) is 3.59. The van der Waals surface area contributed by atoms with Crippen molar-refractivity contribution in [1.82, 2.24) is 0 Å². The number of esters is 1. The summed E-state index contributed by atoms with van der Waals surface area (Å²) in [5, 5.41) is 0. The summed E-state index contributed by atoms with van der Waals surface area (Å²) in [6.07, 6.45) is 9.15. The third kappa shape index (κ3) is 4.38. The third-order valence-corrected chi connectivity index (χ3v) is 2.73. The van der Waals surface area contributed by atoms with E-state index in [-0.39, 0.29) is 5.97 Å². The van der Waals surface area contributed by atoms with Crippen molar-refractivity contribution in [2.45, 2.75) is 32.8 Å². The summed E-state index contributed by atoms with van der Waals surface area (Å²) >= 11 is 0. The van der Waals surface area contributed by atoms with Gasteiger partial charge in [0.15, 0.2) is 0 Å². The number of hydrogen-bond donors (Lipinski definition) is 0. The second-order valence-electron chi connectivity index (χ2n) is 5.67. The van der Waals surface area contributed by atoms with Gasteiger partial charge in [-0.15, -0.1) is 0 Å². The quantitative estimate of drug-likeness (QED) is 0.771. The number of carbonyl (C=O) groups is 1. The molecule has 2 heteroatoms. The molecule has 1 aromatic carbocycles. The van der Waals surface area contributed by atoms with E-state index in [4.69, 9.17) is 4.74 Å². The molecular weight excluding hydrogens is 236 g/mol. The minimum absolute atomic E-state index is 0.271. The highest BCUT2D eigenvalue weighted by Gasteiger charge is 2.19. The topological polar surface area (TPSA) is 26.3 Å². The maximum absolute atomic E-state index is 11.9. The van der Waals surface area contributed by atoms with E-state index in [1.165, 1.54) is 11.5 Å². The van der Waals surface area contributed by atoms with Gasteiger partial charge in [-0.25, -0.2) is 4.79 Å². The summed E-state index contributed by atoms with van der Waals surface area (Å²) in [5.74, 6) is 1.01. The Balaban J connectivity index is 1.95. The van der Waals surface area contributed by atoms with Crippen molar-refractivity contribution in [1.29, 1.82) is 0 Å². The maximum Gasteiger partial charge on any atom is 0.338 e. The van der Waals surface area contributed by atoms with Gasteiger partial charge < -0.3 is 4.74 Å². The fraction of sp³-hybridized carbons (Fsp3) is 0.294. The molecule has 1 aliphatic carbocycles. The van der Waals surface area contributed by atoms with Gasteiger partial charge in [0.2, 0.25) is 0 Å². The molecular formula is C17H19O2. The van der Waals surface area contributed by atoms with E-state index in [9.17, 15) is 4.79 Å². The first kappa shape index (κ1) is 14.1. The number of benzene rings is 1. The molecule has 99 valence electrons. The lowest BCUT2D eigenvalue weighted by atomic mass is 9.97. The second kappa shape index (κ2) is 5.77. The highest BCUT2D eigenvalue weighted by molar-refractivity contribution is 5.89. The molecule has 1 fully saturated rings. The molecule has 0 aromatic heterocycles. The Morgan fingerprint density at radius 3 is 2.16 bits per heavy atom. The smallest absolute Gasteiger partial charge is 0.338 e. The molecule has 0 spiro atoms. The van der Waals surface area contributed by atoms with Gasteiger partial charge in [-0.3, -0.25) is 0 Å². The highest BCUT2D eigenvalue weighted by atomic mass is 16.6. The van der Waals surface area contributed by atoms with Gasteiger partial charge in [0.25, 0.3) is 0 Å². The SMILES string of the molecule is CC(C)(C)OC(=O)c1ccc(C[C]2[CH][CH][CH][CH]2)cc1. The van der Waals surface area contributed by atoms with Gasteiger partial charge in [-0.1, -0.05) is 12.1 Å². The molecule has 2 nitrogen and oxygen atoms in total. The van der Waals surface area contributed by atoms with Gasteiger partial charge in [0.1, 0.15) is 5.60 Å². The van der Waals surface area contributed by atoms with Crippen molar-refractivity contribution in [3.05, 3.63) is 67.0 Å². The van der Waals surface area contributed by atoms with Crippen LogP contribution in [0.4, 0.5) is 0 Å². The summed E-state index contributed by atoms with van der Waals surface area (Å²) in [7, 11) is 0. The molecule has 0 N–H and O–H groups in total. The van der Waals surface area contributed by atoms with Crippen LogP contribution in [-0.4, -0.2) is 11.6 Å². The zero-order valence-corrected chi connectivity index (χ0v) is 11.6. The number of hydrogen-bond acceptors (Lipinski definition) is 2. The second-order valence-corrected chi connectivity index (χ2v) is 5.67. The average Bonchev–Trinajstić information content (AvgIpc) is 2.80. The van der Waals surface area contributed by atoms with Crippen molar-refractivity contribution in [2.24, 2.45) is 0 Å². The Morgan fingerprint density at radius 2 is 1.63 bits per heavy atom. The molecule has 0 bridgehead atoms. The van der Waals surface area contributed by atoms with Crippen LogP contribution >= 0.6 is 0 Å². The van der Waals surface area contributed by atoms with E-state index >= 15 is 0 Å². The average molecular weight is 255 g/mol. The highest BCUT2D eigenvalue weighted by Crippen LogP contribution is 2.26. The summed E-state index contributed by atoms with van der Waals surface area (Å²) in [5.41, 5.74) is 1.34. The molecule has 1 saturated carbocycles. The maximum atomic E-state index is 11.9. The molecule has 0 amide bonds. The van der Waals surface area contributed by atoms with Crippen LogP contribution < -0.4 is 0 Å². The van der Waals surface area contributed by atoms with Gasteiger partial charge in [0, 0.05) is 0 Å². The Kier molecular flexibility index (Phi) is 4.28. The summed E-state index contributed by atoms with van der Waals surface area (Å²) in [6, 6.07) is 7.61. The first-order valence-electron chi connectivity index (χ1n) is 6.47. The largest absolute Gasteiger partial charge is 0.456 e. The first-order chi connectivity index (χ1) is 8.94. The fourth-order valence-corrected chi connectivity index (χ4v) is 1.86. The lowest BCUT2D eigenvalue weighted by Crippen LogP contribution is -2.23. The minimum atomic E-state index is -0.453. The van der Waals surface area contributed by atoms with Crippen LogP contribution in [0.5, 0.6) is 0 Å². The van der Waals surface area contributed by atoms with E-state index in [1.807, 2.05) is 57.9 Å². The Labute approximate surface area is 116 Å². The van der Waals surface area contributed by atoms with Crippen LogP contribution in [-0.2, 0) is 11.2 Å². The van der Waals surface area contributed by atoms with Crippen molar-refractivity contribution in [3.63, 3.8) is 0 Å². The minimum Gasteiger partial charge on any atom is -0.456 e. The number of rotatable bonds is 3. The molecule has 1 aliphatic rings. The first-order valence-corrected chi connectivity index (χ1v) is 6.47. The van der Waals surface area contributed by atoms with Crippen molar-refractivity contribution >= 4 is 5.97 Å². The summed E-state index contributed by atoms with van der Waals surface area (Å²) in [6.45, 7) is 5.61. The van der Waals surface area contributed by atoms with Crippen molar-refractivity contribution in [2.75, 3.05) is 0 Å². The van der Waals surface area contributed by atoms with E-state index in [2.05, 4.69) is 12.8 Å². The van der Waals surface area contributed by atoms with Gasteiger partial charge in [0.05, 0.1) is 5.56 Å². The zero-order valence-electron chi connectivity index (χ0n) is 11.6. The molecule has 0 saturated heterocycles. The molecule has 0 atom stereocenters. The standard InChI is InChI=1S/C17H19O2/c1-17(2,3)19-16(18)15-10-8-14(9-11-15)12-13-6-4-5-7-13/h4-11H,12H2,1-3H3. The molecule has 2 rings (SSSR count). The molecule has 0 aliphatic heterocycles. The van der Waals surface area contributed by atoms with Crippen molar-refractivity contribution < 1.29 is 9.53 Å². The predicted molar refractivity (Wildman–Crippen MR) is 75.8 cm³/mol. The van der Waals surface area contributed by atoms with Crippen LogP contribution in [0, 0.1) is 31.6 Å². The van der Waals surface area contributed by atoms with Gasteiger partial charge in [-0.05, 0) is 76.5 Å². The Bertz CT molecular complexity index is 420. The van der Waals surface area contributed by atoms with E-state index in [0.29, 0.717) is 5.56 Å². The summed E-state index contributed by atoms with van der Waals surface area (Å²) < 4.78 is 5.33. The van der Waals surface area contributed by atoms with E-state index < -0.39 is 5.60 Å². The van der Waals surface area contributed by atoms with E-state index in [0.717, 1.165) is 6.42 Å². The number of carbonyl (C=O) groups excluding carboxylic acids is 1. The molecule has 1 aromatic rings. The molecule has 0 heterocycles. The third-order valence-electron chi connectivity index (χ3n) is 2.73. The Morgan fingerprint density at radius 1 is 1.05 bits per heavy atom. The lowest BCUT2D eigenvalue weighted by molar-refractivity contribution is 0.00695. The van der Waals surface area contributed by atoms with E-state index in [1.54, 1.807) is 0 Å². The molecule has 5 radical (unpaired) electrons. The summed E-state index contributed by atoms with van der Waals surface area (Å²) in [4.78, 5) is 11.9. The zero-order chi connectivity index (χ0) is 13.9. The van der Waals surface area contributed by atoms with Crippen LogP contribution in [0.25, 0.3) is 0 Å². The Hall–Kier alpha value is -1.31. The van der Waals surface area contributed by atoms with Gasteiger partial charge >= 0.3 is 5.97 Å². The van der Waals surface area contributed by atoms with Gasteiger partial charge in [-0.2, -0.15) is 0 Å². The molecule has 19 heavy (non-hydrogen) atoms. The monoisotopic (exact) mass is 255 g/mol. The normalized spacial score (nSPS) is 16.6. The van der Waals surface area contributed by atoms with Crippen LogP contribution in [0.15, 0.2) is 24.3 Å². The lowest BCUT2D eigenvalue weighted by Gasteiger charge is -2.19. The fourth-order valence-electron chi connectivity index (χ4n) is 1.86. The van der Waals surface area contributed by atoms with Crippen LogP contribution in [0.2, 0.25) is 0 Å². The van der Waals surface area contributed by atoms with Crippen molar-refractivity contribution in [3.8, 4) is 0 Å².